The minimum Gasteiger partial charge on any atom is -0.481 e. The molecule has 0 bridgehead atoms. The molecule has 0 aliphatic rings. The Kier molecular flexibility index (Phi) is 3.02. The zero-order valence-electron chi connectivity index (χ0n) is 5.70. The number of carbonyl (C=O) groups is 2. The molecule has 0 unspecified atom stereocenters. The van der Waals surface area contributed by atoms with Gasteiger partial charge in [-0.2, -0.15) is 0 Å². The Balaban J connectivity index is 3.85. The van der Waals surface area contributed by atoms with Gasteiger partial charge in [-0.15, -0.1) is 0 Å². The van der Waals surface area contributed by atoms with Crippen molar-refractivity contribution in [3.05, 3.63) is 0 Å². The Hall–Kier alpha value is -0.900. The average Bonchev–Trinajstić information content (AvgIpc) is 1.59. The maximum atomic E-state index is 10.0. The van der Waals surface area contributed by atoms with Crippen LogP contribution in [0.3, 0.4) is 0 Å². The lowest BCUT2D eigenvalue weighted by Crippen LogP contribution is -2.27. The summed E-state index contributed by atoms with van der Waals surface area (Å²) in [5.41, 5.74) is -1.40. The summed E-state index contributed by atoms with van der Waals surface area (Å²) in [7, 11) is 0. The highest BCUT2D eigenvalue weighted by Gasteiger charge is 2.22. The second-order valence-corrected chi connectivity index (χ2v) is 2.44. The Morgan fingerprint density at radius 2 is 2.20 bits per heavy atom. The van der Waals surface area contributed by atoms with Crippen LogP contribution in [0.25, 0.3) is 0 Å². The van der Waals surface area contributed by atoms with E-state index in [0.29, 0.717) is 6.29 Å². The van der Waals surface area contributed by atoms with Crippen molar-refractivity contribution in [2.75, 3.05) is 0 Å². The highest BCUT2D eigenvalue weighted by Crippen LogP contribution is 2.11. The van der Waals surface area contributed by atoms with Gasteiger partial charge in [0.05, 0.1) is 12.0 Å². The van der Waals surface area contributed by atoms with Crippen LogP contribution in [0, 0.1) is 0 Å². The van der Waals surface area contributed by atoms with E-state index in [1.807, 2.05) is 0 Å². The minimum absolute atomic E-state index is 0.140. The molecule has 0 aliphatic heterocycles. The monoisotopic (exact) mass is 146 g/mol. The van der Waals surface area contributed by atoms with Crippen LogP contribution in [-0.2, 0) is 9.59 Å². The molecule has 10 heavy (non-hydrogen) atoms. The van der Waals surface area contributed by atoms with E-state index in [0.717, 1.165) is 0 Å². The van der Waals surface area contributed by atoms with Gasteiger partial charge in [0.15, 0.2) is 0 Å². The molecule has 0 amide bonds. The predicted molar refractivity (Wildman–Crippen MR) is 33.6 cm³/mol. The number of carboxylic acid groups (broad SMARTS) is 1. The maximum absolute atomic E-state index is 10.0. The van der Waals surface area contributed by atoms with Crippen molar-refractivity contribution in [3.63, 3.8) is 0 Å². The Morgan fingerprint density at radius 1 is 1.70 bits per heavy atom. The maximum Gasteiger partial charge on any atom is 0.306 e. The number of rotatable bonds is 4. The summed E-state index contributed by atoms with van der Waals surface area (Å²) in [4.78, 5) is 19.9. The Bertz CT molecular complexity index is 139. The largest absolute Gasteiger partial charge is 0.481 e. The van der Waals surface area contributed by atoms with Crippen LogP contribution in [0.1, 0.15) is 19.8 Å². The van der Waals surface area contributed by atoms with E-state index >= 15 is 0 Å². The molecule has 0 saturated carbocycles. The quantitative estimate of drug-likeness (QED) is 0.538. The molecular weight excluding hydrogens is 136 g/mol. The first-order valence-electron chi connectivity index (χ1n) is 2.86. The van der Waals surface area contributed by atoms with Gasteiger partial charge in [0.2, 0.25) is 0 Å². The average molecular weight is 146 g/mol. The first-order valence-corrected chi connectivity index (χ1v) is 2.86. The summed E-state index contributed by atoms with van der Waals surface area (Å²) in [6.45, 7) is 1.32. The molecule has 0 spiro atoms. The van der Waals surface area contributed by atoms with E-state index in [4.69, 9.17) is 10.2 Å². The van der Waals surface area contributed by atoms with E-state index in [2.05, 4.69) is 0 Å². The molecule has 0 heterocycles. The van der Waals surface area contributed by atoms with E-state index in [1.54, 1.807) is 0 Å². The van der Waals surface area contributed by atoms with E-state index < -0.39 is 18.0 Å². The van der Waals surface area contributed by atoms with Gasteiger partial charge in [-0.1, -0.05) is 0 Å². The number of hydrogen-bond donors (Lipinski definition) is 2. The van der Waals surface area contributed by atoms with E-state index in [-0.39, 0.29) is 6.42 Å². The summed E-state index contributed by atoms with van der Waals surface area (Å²) >= 11 is 0. The standard InChI is InChI=1S/C6H10O4/c1-6(10,2-3-7)4-5(8)9/h3,10H,2,4H2,1H3,(H,8,9)/t6-/m1/s1. The number of carbonyl (C=O) groups excluding carboxylic acids is 1. The lowest BCUT2D eigenvalue weighted by molar-refractivity contribution is -0.142. The summed E-state index contributed by atoms with van der Waals surface area (Å²) in [5, 5.41) is 17.3. The fourth-order valence-electron chi connectivity index (χ4n) is 0.577. The summed E-state index contributed by atoms with van der Waals surface area (Å²) < 4.78 is 0. The Labute approximate surface area is 58.5 Å². The molecule has 0 saturated heterocycles. The molecule has 0 aromatic heterocycles. The van der Waals surface area contributed by atoms with Crippen LogP contribution in [-0.4, -0.2) is 28.1 Å². The summed E-state index contributed by atoms with van der Waals surface area (Å²) in [6.07, 6.45) is -0.0338. The first-order chi connectivity index (χ1) is 4.48. The van der Waals surface area contributed by atoms with Crippen LogP contribution in [0.2, 0.25) is 0 Å². The predicted octanol–water partition coefficient (Wildman–Crippen LogP) is -0.199. The van der Waals surface area contributed by atoms with Gasteiger partial charge >= 0.3 is 5.97 Å². The van der Waals surface area contributed by atoms with E-state index in [1.165, 1.54) is 6.92 Å². The molecule has 2 N–H and O–H groups in total. The lowest BCUT2D eigenvalue weighted by Gasteiger charge is -2.16. The number of hydrogen-bond acceptors (Lipinski definition) is 3. The van der Waals surface area contributed by atoms with Crippen molar-refractivity contribution in [1.82, 2.24) is 0 Å². The van der Waals surface area contributed by atoms with Gasteiger partial charge in [0, 0.05) is 6.42 Å². The normalized spacial score (nSPS) is 15.8. The van der Waals surface area contributed by atoms with Crippen molar-refractivity contribution in [2.45, 2.75) is 25.4 Å². The van der Waals surface area contributed by atoms with Crippen LogP contribution in [0.4, 0.5) is 0 Å². The third kappa shape index (κ3) is 4.03. The van der Waals surface area contributed by atoms with Gasteiger partial charge in [-0.05, 0) is 6.92 Å². The molecule has 0 fully saturated rings. The molecule has 0 rings (SSSR count). The summed E-state index contributed by atoms with van der Waals surface area (Å²) in [6, 6.07) is 0. The highest BCUT2D eigenvalue weighted by atomic mass is 16.4. The molecule has 4 heteroatoms. The SMILES string of the molecule is C[C@@](O)(CC=O)CC(=O)O. The van der Waals surface area contributed by atoms with Crippen LogP contribution in [0.15, 0.2) is 0 Å². The first kappa shape index (κ1) is 9.10. The van der Waals surface area contributed by atoms with Gasteiger partial charge in [0.1, 0.15) is 6.29 Å². The van der Waals surface area contributed by atoms with Crippen molar-refractivity contribution in [3.8, 4) is 0 Å². The molecule has 0 radical (unpaired) electrons. The van der Waals surface area contributed by atoms with Crippen LogP contribution >= 0.6 is 0 Å². The van der Waals surface area contributed by atoms with Crippen molar-refractivity contribution in [2.24, 2.45) is 0 Å². The van der Waals surface area contributed by atoms with E-state index in [9.17, 15) is 9.59 Å². The van der Waals surface area contributed by atoms with Crippen molar-refractivity contribution >= 4 is 12.3 Å². The smallest absolute Gasteiger partial charge is 0.306 e. The second kappa shape index (κ2) is 3.31. The number of aldehydes is 1. The third-order valence-corrected chi connectivity index (χ3v) is 1.06. The highest BCUT2D eigenvalue weighted by molar-refractivity contribution is 5.69. The molecular formula is C6H10O4. The van der Waals surface area contributed by atoms with Gasteiger partial charge in [-0.3, -0.25) is 4.79 Å². The van der Waals surface area contributed by atoms with Gasteiger partial charge in [-0.25, -0.2) is 0 Å². The molecule has 0 aromatic carbocycles. The zero-order valence-corrected chi connectivity index (χ0v) is 5.70. The fourth-order valence-corrected chi connectivity index (χ4v) is 0.577. The molecule has 1 atom stereocenters. The molecule has 0 aliphatic carbocycles. The number of carboxylic acids is 1. The van der Waals surface area contributed by atoms with Crippen LogP contribution < -0.4 is 0 Å². The molecule has 4 nitrogen and oxygen atoms in total. The second-order valence-electron chi connectivity index (χ2n) is 2.44. The molecule has 0 aromatic rings. The topological polar surface area (TPSA) is 74.6 Å². The van der Waals surface area contributed by atoms with Gasteiger partial charge in [0.25, 0.3) is 0 Å². The lowest BCUT2D eigenvalue weighted by atomic mass is 9.99. The van der Waals surface area contributed by atoms with Gasteiger partial charge < -0.3 is 15.0 Å². The minimum atomic E-state index is -1.40. The number of aliphatic carboxylic acids is 1. The number of aliphatic hydroxyl groups is 1. The van der Waals surface area contributed by atoms with Crippen molar-refractivity contribution in [1.29, 1.82) is 0 Å². The van der Waals surface area contributed by atoms with Crippen molar-refractivity contribution < 1.29 is 19.8 Å². The fraction of sp³-hybridized carbons (Fsp3) is 0.667. The van der Waals surface area contributed by atoms with Crippen LogP contribution in [0.5, 0.6) is 0 Å². The zero-order chi connectivity index (χ0) is 8.20. The summed E-state index contributed by atoms with van der Waals surface area (Å²) in [5.74, 6) is -1.10. The molecule has 58 valence electrons. The third-order valence-electron chi connectivity index (χ3n) is 1.06. The Morgan fingerprint density at radius 3 is 2.50 bits per heavy atom.